The monoisotopic (exact) mass is 538 g/mol. The Morgan fingerprint density at radius 2 is 1.73 bits per heavy atom. The van der Waals surface area contributed by atoms with Gasteiger partial charge >= 0.3 is 0 Å². The third-order valence-corrected chi connectivity index (χ3v) is 7.60. The van der Waals surface area contributed by atoms with E-state index in [1.807, 2.05) is 35.7 Å². The number of hydrogen-bond acceptors (Lipinski definition) is 7. The smallest absolute Gasteiger partial charge is 0.225 e. The molecule has 3 aromatic heterocycles. The van der Waals surface area contributed by atoms with Crippen LogP contribution in [0, 0.1) is 6.92 Å². The third kappa shape index (κ3) is 4.98. The molecule has 4 aromatic rings. The number of fused-ring (bicyclic) bond motifs is 1. The molecule has 1 aromatic carbocycles. The number of aryl methyl sites for hydroxylation is 1. The van der Waals surface area contributed by atoms with Gasteiger partial charge in [-0.05, 0) is 43.9 Å². The molecule has 8 nitrogen and oxygen atoms in total. The first kappa shape index (κ1) is 25.7. The highest BCUT2D eigenvalue weighted by molar-refractivity contribution is 6.39. The first-order valence-electron chi connectivity index (χ1n) is 12.7. The van der Waals surface area contributed by atoms with Crippen molar-refractivity contribution >= 4 is 40.6 Å². The molecule has 194 valence electrons. The number of anilines is 2. The largest absolute Gasteiger partial charge is 0.352 e. The Hall–Kier alpha value is -2.94. The van der Waals surface area contributed by atoms with Gasteiger partial charge in [0.15, 0.2) is 5.65 Å². The number of rotatable bonds is 7. The van der Waals surface area contributed by atoms with Gasteiger partial charge in [-0.1, -0.05) is 43.1 Å². The maximum Gasteiger partial charge on any atom is 0.225 e. The summed E-state index contributed by atoms with van der Waals surface area (Å²) in [5, 5.41) is 6.12. The number of piperidine rings is 1. The molecular formula is C27H32Cl2N8. The summed E-state index contributed by atoms with van der Waals surface area (Å²) < 4.78 is 1.94. The average molecular weight is 540 g/mol. The quantitative estimate of drug-likeness (QED) is 0.338. The number of benzene rings is 1. The van der Waals surface area contributed by atoms with Gasteiger partial charge < -0.3 is 15.5 Å². The predicted molar refractivity (Wildman–Crippen MR) is 151 cm³/mol. The van der Waals surface area contributed by atoms with E-state index in [0.29, 0.717) is 29.2 Å². The van der Waals surface area contributed by atoms with E-state index < -0.39 is 0 Å². The first-order valence-corrected chi connectivity index (χ1v) is 13.5. The van der Waals surface area contributed by atoms with Gasteiger partial charge in [0, 0.05) is 61.9 Å². The van der Waals surface area contributed by atoms with E-state index >= 15 is 0 Å². The van der Waals surface area contributed by atoms with Gasteiger partial charge in [0.05, 0.1) is 21.3 Å². The highest BCUT2D eigenvalue weighted by Crippen LogP contribution is 2.40. The van der Waals surface area contributed by atoms with E-state index in [9.17, 15) is 0 Å². The van der Waals surface area contributed by atoms with Crippen molar-refractivity contribution in [3.05, 3.63) is 64.2 Å². The molecule has 0 saturated carbocycles. The zero-order valence-electron chi connectivity index (χ0n) is 21.4. The molecule has 2 N–H and O–H groups in total. The van der Waals surface area contributed by atoms with Crippen molar-refractivity contribution < 1.29 is 0 Å². The molecule has 0 amide bonds. The molecule has 0 spiro atoms. The Morgan fingerprint density at radius 1 is 1.05 bits per heavy atom. The van der Waals surface area contributed by atoms with E-state index in [1.165, 1.54) is 0 Å². The molecule has 10 heteroatoms. The minimum Gasteiger partial charge on any atom is -0.352 e. The summed E-state index contributed by atoms with van der Waals surface area (Å²) in [5.41, 5.74) is 10.3. The van der Waals surface area contributed by atoms with Crippen LogP contribution < -0.4 is 15.5 Å². The van der Waals surface area contributed by atoms with E-state index in [4.69, 9.17) is 39.0 Å². The maximum absolute atomic E-state index is 6.64. The van der Waals surface area contributed by atoms with Crippen molar-refractivity contribution in [2.24, 2.45) is 5.73 Å². The minimum absolute atomic E-state index is 0.227. The minimum atomic E-state index is 0.227. The lowest BCUT2D eigenvalue weighted by molar-refractivity contribution is 0.457. The highest BCUT2D eigenvalue weighted by Gasteiger charge is 2.29. The van der Waals surface area contributed by atoms with Gasteiger partial charge in [0.25, 0.3) is 0 Å². The Bertz CT molecular complexity index is 1360. The summed E-state index contributed by atoms with van der Waals surface area (Å²) in [6.07, 6.45) is 5.50. The topological polar surface area (TPSA) is 88.5 Å². The SMILES string of the molecule is Cc1nn2c(N(CCN)C3CCN(c4ncccn4)CC3)cc(C(C)C)nc2c1-c1c(Cl)cccc1Cl. The Kier molecular flexibility index (Phi) is 7.51. The molecule has 0 atom stereocenters. The summed E-state index contributed by atoms with van der Waals surface area (Å²) in [6.45, 7) is 9.28. The van der Waals surface area contributed by atoms with Crippen molar-refractivity contribution in [2.75, 3.05) is 36.0 Å². The van der Waals surface area contributed by atoms with E-state index in [-0.39, 0.29) is 5.92 Å². The Labute approximate surface area is 227 Å². The number of halogens is 2. The molecule has 1 saturated heterocycles. The highest BCUT2D eigenvalue weighted by atomic mass is 35.5. The van der Waals surface area contributed by atoms with Crippen LogP contribution in [-0.2, 0) is 0 Å². The van der Waals surface area contributed by atoms with Crippen LogP contribution in [0.15, 0.2) is 42.7 Å². The predicted octanol–water partition coefficient (Wildman–Crippen LogP) is 5.36. The molecule has 1 aliphatic heterocycles. The second kappa shape index (κ2) is 10.8. The molecule has 1 aliphatic rings. The van der Waals surface area contributed by atoms with E-state index in [1.54, 1.807) is 12.4 Å². The summed E-state index contributed by atoms with van der Waals surface area (Å²) in [7, 11) is 0. The van der Waals surface area contributed by atoms with Crippen molar-refractivity contribution in [3.63, 3.8) is 0 Å². The summed E-state index contributed by atoms with van der Waals surface area (Å²) in [6, 6.07) is 9.85. The number of aromatic nitrogens is 5. The zero-order chi connectivity index (χ0) is 26.1. The number of hydrogen-bond donors (Lipinski definition) is 1. The fraction of sp³-hybridized carbons (Fsp3) is 0.407. The molecule has 0 radical (unpaired) electrons. The van der Waals surface area contributed by atoms with Crippen molar-refractivity contribution in [1.82, 2.24) is 24.6 Å². The lowest BCUT2D eigenvalue weighted by atomic mass is 10.0. The van der Waals surface area contributed by atoms with Crippen LogP contribution in [0.3, 0.4) is 0 Å². The molecule has 0 bridgehead atoms. The van der Waals surface area contributed by atoms with E-state index in [0.717, 1.165) is 65.9 Å². The molecule has 0 unspecified atom stereocenters. The van der Waals surface area contributed by atoms with Crippen molar-refractivity contribution in [2.45, 2.75) is 45.6 Å². The summed E-state index contributed by atoms with van der Waals surface area (Å²) >= 11 is 13.3. The molecule has 1 fully saturated rings. The van der Waals surface area contributed by atoms with Crippen LogP contribution in [0.1, 0.15) is 44.0 Å². The second-order valence-electron chi connectivity index (χ2n) is 9.74. The van der Waals surface area contributed by atoms with Crippen LogP contribution in [-0.4, -0.2) is 56.8 Å². The fourth-order valence-electron chi connectivity index (χ4n) is 5.11. The maximum atomic E-state index is 6.64. The molecule has 5 rings (SSSR count). The first-order chi connectivity index (χ1) is 17.9. The second-order valence-corrected chi connectivity index (χ2v) is 10.5. The standard InChI is InChI=1S/C27H32Cl2N8/c1-17(2)22-16-23(36(15-10-30)19-8-13-35(14-9-19)27-31-11-5-12-32-27)37-26(33-22)24(18(3)34-37)25-20(28)6-4-7-21(25)29/h4-7,11-12,16-17,19H,8-10,13-15,30H2,1-3H3. The van der Waals surface area contributed by atoms with Crippen LogP contribution in [0.25, 0.3) is 16.8 Å². The summed E-state index contributed by atoms with van der Waals surface area (Å²) in [4.78, 5) is 18.6. The lowest BCUT2D eigenvalue weighted by Gasteiger charge is -2.39. The number of nitrogens with two attached hydrogens (primary N) is 1. The van der Waals surface area contributed by atoms with Crippen molar-refractivity contribution in [1.29, 1.82) is 0 Å². The molecular weight excluding hydrogens is 507 g/mol. The Morgan fingerprint density at radius 3 is 2.35 bits per heavy atom. The summed E-state index contributed by atoms with van der Waals surface area (Å²) in [5.74, 6) is 2.00. The lowest BCUT2D eigenvalue weighted by Crippen LogP contribution is -2.47. The van der Waals surface area contributed by atoms with E-state index in [2.05, 4.69) is 39.7 Å². The van der Waals surface area contributed by atoms with Crippen LogP contribution in [0.5, 0.6) is 0 Å². The normalized spacial score (nSPS) is 14.6. The van der Waals surface area contributed by atoms with Crippen LogP contribution in [0.4, 0.5) is 11.8 Å². The van der Waals surface area contributed by atoms with Crippen LogP contribution >= 0.6 is 23.2 Å². The van der Waals surface area contributed by atoms with Gasteiger partial charge in [-0.25, -0.2) is 15.0 Å². The number of nitrogens with zero attached hydrogens (tertiary/aromatic N) is 7. The fourth-order valence-corrected chi connectivity index (χ4v) is 5.70. The Balaban J connectivity index is 1.59. The third-order valence-electron chi connectivity index (χ3n) is 6.97. The molecule has 4 heterocycles. The van der Waals surface area contributed by atoms with Crippen LogP contribution in [0.2, 0.25) is 10.0 Å². The van der Waals surface area contributed by atoms with Crippen molar-refractivity contribution in [3.8, 4) is 11.1 Å². The van der Waals surface area contributed by atoms with Gasteiger partial charge in [-0.2, -0.15) is 9.61 Å². The molecule has 37 heavy (non-hydrogen) atoms. The van der Waals surface area contributed by atoms with Gasteiger partial charge in [0.1, 0.15) is 5.82 Å². The van der Waals surface area contributed by atoms with Gasteiger partial charge in [-0.15, -0.1) is 0 Å². The van der Waals surface area contributed by atoms with Gasteiger partial charge in [0.2, 0.25) is 5.95 Å². The average Bonchev–Trinajstić information content (AvgIpc) is 3.23. The zero-order valence-corrected chi connectivity index (χ0v) is 22.9. The van der Waals surface area contributed by atoms with Gasteiger partial charge in [-0.3, -0.25) is 0 Å². The molecule has 0 aliphatic carbocycles.